The predicted molar refractivity (Wildman–Crippen MR) is 191 cm³/mol. The Labute approximate surface area is 310 Å². The molecule has 2 heterocycles. The van der Waals surface area contributed by atoms with Crippen molar-refractivity contribution in [1.82, 2.24) is 0 Å². The van der Waals surface area contributed by atoms with Gasteiger partial charge in [-0.15, -0.1) is 0 Å². The van der Waals surface area contributed by atoms with Gasteiger partial charge in [0.15, 0.2) is 57.2 Å². The van der Waals surface area contributed by atoms with Crippen molar-refractivity contribution in [3.8, 4) is 57.1 Å². The number of hydrogen-bond donors (Lipinski definition) is 6. The SMILES string of the molecule is COc1cc(CC2COC(=O)C2(O)Cc2cc(OC)c(O)c(-c3cc(CC4(O)C(=O)OCC4Cc4ccc(O)c(OC)c4)cc(OC)c3O)c2)ccc1O. The highest BCUT2D eigenvalue weighted by Gasteiger charge is 2.52. The third kappa shape index (κ3) is 6.97. The molecule has 4 aromatic carbocycles. The minimum Gasteiger partial charge on any atom is -0.504 e. The number of phenolic OH excluding ortho intramolecular Hbond substituents is 4. The maximum absolute atomic E-state index is 13.1. The van der Waals surface area contributed by atoms with E-state index in [0.717, 1.165) is 0 Å². The van der Waals surface area contributed by atoms with E-state index in [9.17, 15) is 40.2 Å². The summed E-state index contributed by atoms with van der Waals surface area (Å²) >= 11 is 0. The minimum absolute atomic E-state index is 0.0246. The Balaban J connectivity index is 1.34. The van der Waals surface area contributed by atoms with Gasteiger partial charge in [-0.2, -0.15) is 0 Å². The van der Waals surface area contributed by atoms with Crippen molar-refractivity contribution >= 4 is 11.9 Å². The van der Waals surface area contributed by atoms with Gasteiger partial charge < -0.3 is 59.1 Å². The fraction of sp³-hybridized carbons (Fsp3) is 0.350. The summed E-state index contributed by atoms with van der Waals surface area (Å²) in [5, 5.41) is 66.5. The monoisotopic (exact) mass is 746 g/mol. The predicted octanol–water partition coefficient (Wildman–Crippen LogP) is 3.59. The van der Waals surface area contributed by atoms with E-state index in [1.807, 2.05) is 0 Å². The molecule has 4 unspecified atom stereocenters. The first-order valence-electron chi connectivity index (χ1n) is 17.1. The van der Waals surface area contributed by atoms with Crippen molar-refractivity contribution in [2.45, 2.75) is 36.9 Å². The molecule has 4 atom stereocenters. The normalized spacial score (nSPS) is 22.1. The summed E-state index contributed by atoms with van der Waals surface area (Å²) in [6.45, 7) is -0.152. The fourth-order valence-electron chi connectivity index (χ4n) is 7.25. The Morgan fingerprint density at radius 2 is 0.907 bits per heavy atom. The first-order valence-corrected chi connectivity index (χ1v) is 17.1. The number of aliphatic hydroxyl groups is 2. The molecule has 6 N–H and O–H groups in total. The molecule has 54 heavy (non-hydrogen) atoms. The molecule has 14 heteroatoms. The molecule has 286 valence electrons. The van der Waals surface area contributed by atoms with Crippen LogP contribution in [0.4, 0.5) is 0 Å². The Morgan fingerprint density at radius 3 is 1.26 bits per heavy atom. The summed E-state index contributed by atoms with van der Waals surface area (Å²) in [6, 6.07) is 15.3. The number of esters is 2. The summed E-state index contributed by atoms with van der Waals surface area (Å²) in [4.78, 5) is 26.2. The van der Waals surface area contributed by atoms with E-state index >= 15 is 0 Å². The van der Waals surface area contributed by atoms with Crippen LogP contribution in [0.1, 0.15) is 22.3 Å². The second kappa shape index (κ2) is 14.9. The molecule has 0 amide bonds. The zero-order chi connectivity index (χ0) is 38.9. The molecule has 0 aromatic heterocycles. The van der Waals surface area contributed by atoms with Crippen molar-refractivity contribution in [2.24, 2.45) is 11.8 Å². The molecule has 4 aromatic rings. The number of rotatable bonds is 13. The number of hydrogen-bond acceptors (Lipinski definition) is 14. The Bertz CT molecular complexity index is 1930. The third-order valence-electron chi connectivity index (χ3n) is 10.3. The molecule has 6 rings (SSSR count). The van der Waals surface area contributed by atoms with Gasteiger partial charge in [-0.05, 0) is 83.6 Å². The maximum Gasteiger partial charge on any atom is 0.338 e. The topological polar surface area (TPSA) is 211 Å². The number of cyclic esters (lactones) is 2. The van der Waals surface area contributed by atoms with Crippen LogP contribution in [0.5, 0.6) is 46.0 Å². The Hall–Kier alpha value is -5.86. The fourth-order valence-corrected chi connectivity index (χ4v) is 7.25. The summed E-state index contributed by atoms with van der Waals surface area (Å²) < 4.78 is 32.0. The van der Waals surface area contributed by atoms with Gasteiger partial charge in [0.05, 0.1) is 41.7 Å². The molecule has 2 aliphatic heterocycles. The van der Waals surface area contributed by atoms with Crippen LogP contribution >= 0.6 is 0 Å². The van der Waals surface area contributed by atoms with E-state index in [0.29, 0.717) is 22.3 Å². The van der Waals surface area contributed by atoms with E-state index in [1.165, 1.54) is 64.8 Å². The Morgan fingerprint density at radius 1 is 0.556 bits per heavy atom. The largest absolute Gasteiger partial charge is 0.504 e. The van der Waals surface area contributed by atoms with Crippen molar-refractivity contribution in [1.29, 1.82) is 0 Å². The number of carbonyl (C=O) groups excluding carboxylic acids is 2. The van der Waals surface area contributed by atoms with Crippen LogP contribution in [0.15, 0.2) is 60.7 Å². The van der Waals surface area contributed by atoms with E-state index in [2.05, 4.69) is 0 Å². The molecule has 2 saturated heterocycles. The molecule has 0 aliphatic carbocycles. The van der Waals surface area contributed by atoms with E-state index < -0.39 is 35.0 Å². The number of phenols is 4. The summed E-state index contributed by atoms with van der Waals surface area (Å²) in [5.41, 5.74) is -1.86. The van der Waals surface area contributed by atoms with Crippen LogP contribution in [0, 0.1) is 11.8 Å². The number of methoxy groups -OCH3 is 4. The van der Waals surface area contributed by atoms with E-state index in [1.54, 1.807) is 24.3 Å². The van der Waals surface area contributed by atoms with Gasteiger partial charge in [-0.1, -0.05) is 12.1 Å². The van der Waals surface area contributed by atoms with Crippen molar-refractivity contribution in [3.05, 3.63) is 82.9 Å². The van der Waals surface area contributed by atoms with Gasteiger partial charge in [-0.25, -0.2) is 9.59 Å². The molecule has 2 aliphatic rings. The van der Waals surface area contributed by atoms with Gasteiger partial charge >= 0.3 is 11.9 Å². The lowest BCUT2D eigenvalue weighted by atomic mass is 9.79. The minimum atomic E-state index is -2.01. The van der Waals surface area contributed by atoms with E-state index in [-0.39, 0.29) is 96.0 Å². The smallest absolute Gasteiger partial charge is 0.338 e. The summed E-state index contributed by atoms with van der Waals surface area (Å²) in [5.74, 6) is -3.54. The average molecular weight is 747 g/mol. The molecule has 2 fully saturated rings. The van der Waals surface area contributed by atoms with Gasteiger partial charge in [0.25, 0.3) is 0 Å². The first-order chi connectivity index (χ1) is 25.7. The molecule has 0 saturated carbocycles. The zero-order valence-corrected chi connectivity index (χ0v) is 30.1. The molecular formula is C40H42O14. The number of aromatic hydroxyl groups is 4. The number of ether oxygens (including phenoxy) is 6. The zero-order valence-electron chi connectivity index (χ0n) is 30.1. The highest BCUT2D eigenvalue weighted by molar-refractivity contribution is 5.85. The van der Waals surface area contributed by atoms with Crippen LogP contribution in [0.3, 0.4) is 0 Å². The van der Waals surface area contributed by atoms with Gasteiger partial charge in [0, 0.05) is 35.8 Å². The van der Waals surface area contributed by atoms with Crippen LogP contribution in [0.25, 0.3) is 11.1 Å². The van der Waals surface area contributed by atoms with Crippen LogP contribution in [-0.4, -0.2) is 95.4 Å². The lowest BCUT2D eigenvalue weighted by Gasteiger charge is -2.27. The Kier molecular flexibility index (Phi) is 10.4. The van der Waals surface area contributed by atoms with Gasteiger partial charge in [0.2, 0.25) is 0 Å². The highest BCUT2D eigenvalue weighted by atomic mass is 16.6. The van der Waals surface area contributed by atoms with E-state index in [4.69, 9.17) is 28.4 Å². The number of carbonyl (C=O) groups is 2. The van der Waals surface area contributed by atoms with Gasteiger partial charge in [0.1, 0.15) is 0 Å². The first kappa shape index (κ1) is 37.9. The average Bonchev–Trinajstić information content (AvgIpc) is 3.58. The van der Waals surface area contributed by atoms with Crippen LogP contribution in [-0.2, 0) is 44.7 Å². The summed E-state index contributed by atoms with van der Waals surface area (Å²) in [6.07, 6.45) is -0.119. The van der Waals surface area contributed by atoms with Crippen LogP contribution < -0.4 is 18.9 Å². The third-order valence-corrected chi connectivity index (χ3v) is 10.3. The second-order valence-corrected chi connectivity index (χ2v) is 13.6. The lowest BCUT2D eigenvalue weighted by Crippen LogP contribution is -2.44. The van der Waals surface area contributed by atoms with Gasteiger partial charge in [-0.3, -0.25) is 0 Å². The highest BCUT2D eigenvalue weighted by Crippen LogP contribution is 2.47. The van der Waals surface area contributed by atoms with Crippen molar-refractivity contribution in [3.63, 3.8) is 0 Å². The van der Waals surface area contributed by atoms with Crippen LogP contribution in [0.2, 0.25) is 0 Å². The lowest BCUT2D eigenvalue weighted by molar-refractivity contribution is -0.154. The van der Waals surface area contributed by atoms with Crippen molar-refractivity contribution < 1.29 is 68.6 Å². The molecule has 0 radical (unpaired) electrons. The number of benzene rings is 4. The second-order valence-electron chi connectivity index (χ2n) is 13.6. The standard InChI is InChI=1S/C40H42O14/c1-49-31-13-21(5-7-29(31)41)9-25-19-53-37(45)39(25,47)17-23-11-27(35(43)33(15-23)51-3)28-12-24(16-34(52-4)36(28)44)18-40(48)26(20-54-38(40)46)10-22-6-8-30(42)32(14-22)50-2/h5-8,11-16,25-26,41-44,47-48H,9-10,17-20H2,1-4H3. The molecule has 0 spiro atoms. The van der Waals surface area contributed by atoms with Crippen molar-refractivity contribution in [2.75, 3.05) is 41.7 Å². The maximum atomic E-state index is 13.1. The molecule has 0 bridgehead atoms. The molecule has 14 nitrogen and oxygen atoms in total. The molecular weight excluding hydrogens is 704 g/mol. The summed E-state index contributed by atoms with van der Waals surface area (Å²) in [7, 11) is 5.47. The quantitative estimate of drug-likeness (QED) is 0.108.